The molecular weight excluding hydrogens is 348 g/mol. The topological polar surface area (TPSA) is 65.2 Å². The molecule has 0 N–H and O–H groups in total. The number of rotatable bonds is 7. The van der Waals surface area contributed by atoms with Crippen LogP contribution in [0.4, 0.5) is 0 Å². The van der Waals surface area contributed by atoms with Crippen molar-refractivity contribution in [3.63, 3.8) is 0 Å². The zero-order chi connectivity index (χ0) is 18.5. The van der Waals surface area contributed by atoms with Gasteiger partial charge in [-0.3, -0.25) is 4.79 Å². The van der Waals surface area contributed by atoms with E-state index in [1.807, 2.05) is 69.3 Å². The predicted molar refractivity (Wildman–Crippen MR) is 102 cm³/mol. The Morgan fingerprint density at radius 3 is 2.62 bits per heavy atom. The van der Waals surface area contributed by atoms with E-state index in [4.69, 9.17) is 9.15 Å². The molecule has 0 aliphatic heterocycles. The van der Waals surface area contributed by atoms with Crippen LogP contribution in [0.15, 0.2) is 58.2 Å². The largest absolute Gasteiger partial charge is 0.493 e. The molecule has 3 rings (SSSR count). The lowest BCUT2D eigenvalue weighted by atomic mass is 10.1. The number of hydrogen-bond donors (Lipinski definition) is 0. The molecule has 0 spiro atoms. The first-order valence-corrected chi connectivity index (χ1v) is 9.29. The van der Waals surface area contributed by atoms with E-state index in [1.165, 1.54) is 11.8 Å². The molecule has 1 aromatic heterocycles. The van der Waals surface area contributed by atoms with Crippen molar-refractivity contribution in [2.75, 3.05) is 6.61 Å². The van der Waals surface area contributed by atoms with Crippen LogP contribution >= 0.6 is 11.8 Å². The third-order valence-electron chi connectivity index (χ3n) is 3.81. The maximum Gasteiger partial charge on any atom is 0.277 e. The van der Waals surface area contributed by atoms with E-state index in [0.717, 1.165) is 11.1 Å². The van der Waals surface area contributed by atoms with E-state index >= 15 is 0 Å². The molecule has 26 heavy (non-hydrogen) atoms. The van der Waals surface area contributed by atoms with Crippen LogP contribution < -0.4 is 4.74 Å². The van der Waals surface area contributed by atoms with Crippen LogP contribution in [0.2, 0.25) is 0 Å². The van der Waals surface area contributed by atoms with E-state index in [0.29, 0.717) is 29.0 Å². The van der Waals surface area contributed by atoms with Crippen molar-refractivity contribution in [3.8, 4) is 17.2 Å². The van der Waals surface area contributed by atoms with Gasteiger partial charge in [0.05, 0.1) is 17.4 Å². The van der Waals surface area contributed by atoms with E-state index in [9.17, 15) is 4.79 Å². The Labute approximate surface area is 156 Å². The van der Waals surface area contributed by atoms with Gasteiger partial charge in [0, 0.05) is 5.56 Å². The van der Waals surface area contributed by atoms with Gasteiger partial charge in [0.25, 0.3) is 11.1 Å². The summed E-state index contributed by atoms with van der Waals surface area (Å²) in [5.41, 5.74) is 2.54. The Hall–Kier alpha value is -2.60. The molecule has 0 saturated carbocycles. The minimum Gasteiger partial charge on any atom is -0.493 e. The maximum atomic E-state index is 12.5. The van der Waals surface area contributed by atoms with Crippen LogP contribution in [0.25, 0.3) is 11.5 Å². The van der Waals surface area contributed by atoms with Gasteiger partial charge in [-0.25, -0.2) is 0 Å². The number of para-hydroxylation sites is 1. The smallest absolute Gasteiger partial charge is 0.277 e. The maximum absolute atomic E-state index is 12.5. The molecule has 0 radical (unpaired) electrons. The zero-order valence-electron chi connectivity index (χ0n) is 14.9. The van der Waals surface area contributed by atoms with E-state index in [1.54, 1.807) is 0 Å². The van der Waals surface area contributed by atoms with Crippen LogP contribution in [-0.2, 0) is 0 Å². The number of ketones is 1. The number of Topliss-reactive ketones (excluding diaryl/α,β-unsaturated/α-hetero) is 1. The van der Waals surface area contributed by atoms with Gasteiger partial charge in [0.15, 0.2) is 5.78 Å². The lowest BCUT2D eigenvalue weighted by Gasteiger charge is -2.08. The molecule has 5 nitrogen and oxygen atoms in total. The highest BCUT2D eigenvalue weighted by atomic mass is 32.2. The minimum atomic E-state index is -0.326. The van der Waals surface area contributed by atoms with Crippen LogP contribution in [0.3, 0.4) is 0 Å². The van der Waals surface area contributed by atoms with Crippen molar-refractivity contribution in [3.05, 3.63) is 59.7 Å². The summed E-state index contributed by atoms with van der Waals surface area (Å²) in [6.45, 7) is 6.30. The molecule has 1 atom stereocenters. The summed E-state index contributed by atoms with van der Waals surface area (Å²) in [6.07, 6.45) is 0. The van der Waals surface area contributed by atoms with Crippen molar-refractivity contribution in [2.24, 2.45) is 0 Å². The Morgan fingerprint density at radius 2 is 1.88 bits per heavy atom. The number of aromatic nitrogens is 2. The number of ether oxygens (including phenoxy) is 1. The second-order valence-electron chi connectivity index (χ2n) is 5.79. The predicted octanol–water partition coefficient (Wildman–Crippen LogP) is 4.81. The third kappa shape index (κ3) is 4.14. The molecule has 134 valence electrons. The van der Waals surface area contributed by atoms with Crippen LogP contribution in [0.5, 0.6) is 5.75 Å². The second-order valence-corrected chi connectivity index (χ2v) is 7.08. The van der Waals surface area contributed by atoms with Crippen molar-refractivity contribution in [1.29, 1.82) is 0 Å². The van der Waals surface area contributed by atoms with Gasteiger partial charge in [-0.2, -0.15) is 0 Å². The number of benzene rings is 2. The fourth-order valence-electron chi connectivity index (χ4n) is 2.45. The summed E-state index contributed by atoms with van der Waals surface area (Å²) in [5.74, 6) is 1.11. The lowest BCUT2D eigenvalue weighted by Crippen LogP contribution is -2.13. The molecule has 0 bridgehead atoms. The molecule has 3 aromatic rings. The van der Waals surface area contributed by atoms with Crippen molar-refractivity contribution >= 4 is 17.5 Å². The van der Waals surface area contributed by atoms with E-state index in [-0.39, 0.29) is 11.0 Å². The van der Waals surface area contributed by atoms with Gasteiger partial charge in [-0.15, -0.1) is 10.2 Å². The van der Waals surface area contributed by atoms with Crippen molar-refractivity contribution in [1.82, 2.24) is 10.2 Å². The van der Waals surface area contributed by atoms with Crippen LogP contribution in [0.1, 0.15) is 29.8 Å². The summed E-state index contributed by atoms with van der Waals surface area (Å²) >= 11 is 1.25. The second kappa shape index (κ2) is 8.19. The molecule has 0 aliphatic carbocycles. The molecule has 1 unspecified atom stereocenters. The molecule has 0 aliphatic rings. The first-order valence-electron chi connectivity index (χ1n) is 8.41. The highest BCUT2D eigenvalue weighted by Crippen LogP contribution is 2.32. The molecule has 2 aromatic carbocycles. The molecule has 1 heterocycles. The van der Waals surface area contributed by atoms with Gasteiger partial charge >= 0.3 is 0 Å². The SMILES string of the molecule is CCOc1ccccc1-c1nnc(SC(C)C(=O)c2ccc(C)cc2)o1. The number of hydrogen-bond acceptors (Lipinski definition) is 6. The van der Waals surface area contributed by atoms with E-state index < -0.39 is 0 Å². The fraction of sp³-hybridized carbons (Fsp3) is 0.250. The third-order valence-corrected chi connectivity index (χ3v) is 4.74. The monoisotopic (exact) mass is 368 g/mol. The molecular formula is C20H20N2O3S. The Kier molecular flexibility index (Phi) is 5.73. The number of nitrogens with zero attached hydrogens (tertiary/aromatic N) is 2. The minimum absolute atomic E-state index is 0.0319. The standard InChI is InChI=1S/C20H20N2O3S/c1-4-24-17-8-6-5-7-16(17)19-21-22-20(25-19)26-14(3)18(23)15-11-9-13(2)10-12-15/h5-12,14H,4H2,1-3H3. The summed E-state index contributed by atoms with van der Waals surface area (Å²) in [5, 5.41) is 8.19. The van der Waals surface area contributed by atoms with Crippen LogP contribution in [-0.4, -0.2) is 27.8 Å². The number of carbonyl (C=O) groups excluding carboxylic acids is 1. The quantitative estimate of drug-likeness (QED) is 0.440. The lowest BCUT2D eigenvalue weighted by molar-refractivity contribution is 0.0993. The summed E-state index contributed by atoms with van der Waals surface area (Å²) < 4.78 is 11.3. The highest BCUT2D eigenvalue weighted by Gasteiger charge is 2.21. The highest BCUT2D eigenvalue weighted by molar-refractivity contribution is 8.00. The molecule has 0 saturated heterocycles. The molecule has 6 heteroatoms. The van der Waals surface area contributed by atoms with Gasteiger partial charge in [-0.1, -0.05) is 53.7 Å². The van der Waals surface area contributed by atoms with Gasteiger partial charge in [-0.05, 0) is 32.9 Å². The number of thioether (sulfide) groups is 1. The van der Waals surface area contributed by atoms with Gasteiger partial charge in [0.2, 0.25) is 0 Å². The molecule has 0 fully saturated rings. The Bertz CT molecular complexity index is 890. The summed E-state index contributed by atoms with van der Waals surface area (Å²) in [4.78, 5) is 12.5. The van der Waals surface area contributed by atoms with Gasteiger partial charge in [0.1, 0.15) is 5.75 Å². The van der Waals surface area contributed by atoms with Crippen molar-refractivity contribution in [2.45, 2.75) is 31.2 Å². The Morgan fingerprint density at radius 1 is 1.15 bits per heavy atom. The number of carbonyl (C=O) groups is 1. The summed E-state index contributed by atoms with van der Waals surface area (Å²) in [6, 6.07) is 15.0. The molecule has 0 amide bonds. The first kappa shape index (κ1) is 18.2. The number of aryl methyl sites for hydroxylation is 1. The van der Waals surface area contributed by atoms with Crippen molar-refractivity contribution < 1.29 is 13.9 Å². The van der Waals surface area contributed by atoms with Gasteiger partial charge < -0.3 is 9.15 Å². The average molecular weight is 368 g/mol. The van der Waals surface area contributed by atoms with Crippen LogP contribution in [0, 0.1) is 6.92 Å². The first-order chi connectivity index (χ1) is 12.6. The average Bonchev–Trinajstić information content (AvgIpc) is 3.11. The normalized spacial score (nSPS) is 12.0. The summed E-state index contributed by atoms with van der Waals surface area (Å²) in [7, 11) is 0. The van der Waals surface area contributed by atoms with E-state index in [2.05, 4.69) is 10.2 Å². The fourth-order valence-corrected chi connectivity index (χ4v) is 3.21. The zero-order valence-corrected chi connectivity index (χ0v) is 15.7. The Balaban J connectivity index is 1.74.